The number of nitrogens with one attached hydrogen (secondary N) is 1. The molecule has 0 saturated heterocycles. The summed E-state index contributed by atoms with van der Waals surface area (Å²) >= 11 is 0. The summed E-state index contributed by atoms with van der Waals surface area (Å²) in [6.45, 7) is 4.48. The van der Waals surface area contributed by atoms with Gasteiger partial charge in [-0.25, -0.2) is 4.39 Å². The zero-order valence-corrected chi connectivity index (χ0v) is 13.2. The van der Waals surface area contributed by atoms with Gasteiger partial charge in [0.2, 0.25) is 0 Å². The molecule has 0 aliphatic rings. The third-order valence-corrected chi connectivity index (χ3v) is 3.92. The van der Waals surface area contributed by atoms with E-state index in [0.717, 1.165) is 5.56 Å². The lowest BCUT2D eigenvalue weighted by atomic mass is 10.1. The maximum absolute atomic E-state index is 13.8. The number of nitrogens with zero attached hydrogens (tertiary/aromatic N) is 1. The maximum Gasteiger partial charge on any atom is 0.270 e. The molecule has 0 atom stereocenters. The fourth-order valence-corrected chi connectivity index (χ4v) is 2.66. The van der Waals surface area contributed by atoms with Gasteiger partial charge in [-0.3, -0.25) is 4.79 Å². The van der Waals surface area contributed by atoms with E-state index in [1.807, 2.05) is 44.2 Å². The molecule has 0 radical (unpaired) electrons. The van der Waals surface area contributed by atoms with Crippen LogP contribution in [0, 0.1) is 5.82 Å². The maximum atomic E-state index is 13.8. The summed E-state index contributed by atoms with van der Waals surface area (Å²) in [7, 11) is 0. The number of hydrogen-bond acceptors (Lipinski definition) is 1. The molecular weight excluding hydrogens is 291 g/mol. The van der Waals surface area contributed by atoms with Crippen molar-refractivity contribution < 1.29 is 9.18 Å². The Hall–Kier alpha value is -2.62. The van der Waals surface area contributed by atoms with E-state index in [2.05, 4.69) is 4.98 Å². The molecular formula is C19H19FN2O. The predicted octanol–water partition coefficient (Wildman–Crippen LogP) is 4.36. The van der Waals surface area contributed by atoms with Gasteiger partial charge in [0.05, 0.1) is 0 Å². The molecule has 3 nitrogen and oxygen atoms in total. The Bertz CT molecular complexity index is 824. The van der Waals surface area contributed by atoms with Gasteiger partial charge in [0, 0.05) is 23.5 Å². The van der Waals surface area contributed by atoms with Gasteiger partial charge >= 0.3 is 0 Å². The Labute approximate surface area is 134 Å². The summed E-state index contributed by atoms with van der Waals surface area (Å²) in [5.41, 5.74) is 2.11. The second-order valence-corrected chi connectivity index (χ2v) is 5.90. The van der Waals surface area contributed by atoms with Crippen LogP contribution < -0.4 is 0 Å². The van der Waals surface area contributed by atoms with Crippen molar-refractivity contribution in [3.8, 4) is 0 Å². The molecule has 0 unspecified atom stereocenters. The molecule has 3 rings (SSSR count). The number of fused-ring (bicyclic) bond motifs is 1. The zero-order valence-electron chi connectivity index (χ0n) is 13.2. The van der Waals surface area contributed by atoms with E-state index in [1.165, 1.54) is 6.07 Å². The lowest BCUT2D eigenvalue weighted by Gasteiger charge is -2.26. The number of aromatic nitrogens is 1. The first-order valence-electron chi connectivity index (χ1n) is 7.68. The average molecular weight is 310 g/mol. The van der Waals surface area contributed by atoms with Crippen molar-refractivity contribution >= 4 is 16.8 Å². The largest absolute Gasteiger partial charge is 0.350 e. The van der Waals surface area contributed by atoms with Gasteiger partial charge in [-0.2, -0.15) is 0 Å². The Morgan fingerprint density at radius 3 is 2.52 bits per heavy atom. The lowest BCUT2D eigenvalue weighted by Crippen LogP contribution is -2.36. The van der Waals surface area contributed by atoms with Crippen LogP contribution in [-0.2, 0) is 6.54 Å². The first-order valence-corrected chi connectivity index (χ1v) is 7.68. The van der Waals surface area contributed by atoms with E-state index in [9.17, 15) is 9.18 Å². The van der Waals surface area contributed by atoms with Crippen LogP contribution in [0.5, 0.6) is 0 Å². The van der Waals surface area contributed by atoms with Crippen molar-refractivity contribution in [1.82, 2.24) is 9.88 Å². The fourth-order valence-electron chi connectivity index (χ4n) is 2.66. The number of hydrogen-bond donors (Lipinski definition) is 1. The molecule has 0 spiro atoms. The van der Waals surface area contributed by atoms with Crippen LogP contribution in [0.15, 0.2) is 54.6 Å². The molecule has 23 heavy (non-hydrogen) atoms. The number of benzene rings is 2. The summed E-state index contributed by atoms with van der Waals surface area (Å²) in [5.74, 6) is -0.448. The minimum atomic E-state index is -0.322. The molecule has 4 heteroatoms. The van der Waals surface area contributed by atoms with E-state index in [0.29, 0.717) is 23.1 Å². The molecule has 0 bridgehead atoms. The second-order valence-electron chi connectivity index (χ2n) is 5.90. The van der Waals surface area contributed by atoms with Crippen LogP contribution in [0.25, 0.3) is 10.9 Å². The normalized spacial score (nSPS) is 11.1. The minimum absolute atomic E-state index is 0.0407. The fraction of sp³-hybridized carbons (Fsp3) is 0.211. The summed E-state index contributed by atoms with van der Waals surface area (Å²) in [4.78, 5) is 17.6. The summed E-state index contributed by atoms with van der Waals surface area (Å²) in [5, 5.41) is 0.444. The molecule has 1 N–H and O–H groups in total. The number of H-pyrrole nitrogens is 1. The van der Waals surface area contributed by atoms with Crippen molar-refractivity contribution in [1.29, 1.82) is 0 Å². The Kier molecular flexibility index (Phi) is 4.15. The number of carbonyl (C=O) groups is 1. The van der Waals surface area contributed by atoms with Crippen LogP contribution in [0.3, 0.4) is 0 Å². The van der Waals surface area contributed by atoms with Crippen LogP contribution in [-0.4, -0.2) is 21.8 Å². The molecule has 1 heterocycles. The Morgan fingerprint density at radius 1 is 1.13 bits per heavy atom. The summed E-state index contributed by atoms with van der Waals surface area (Å²) in [6.07, 6.45) is 0. The third-order valence-electron chi connectivity index (χ3n) is 3.92. The van der Waals surface area contributed by atoms with Gasteiger partial charge in [-0.1, -0.05) is 36.4 Å². The monoisotopic (exact) mass is 310 g/mol. The molecule has 3 aromatic rings. The molecule has 0 aliphatic carbocycles. The highest BCUT2D eigenvalue weighted by molar-refractivity contribution is 5.98. The van der Waals surface area contributed by atoms with Gasteiger partial charge < -0.3 is 9.88 Å². The molecule has 0 aliphatic heterocycles. The number of rotatable bonds is 4. The third kappa shape index (κ3) is 3.11. The minimum Gasteiger partial charge on any atom is -0.350 e. The van der Waals surface area contributed by atoms with Crippen LogP contribution in [0.4, 0.5) is 4.39 Å². The molecule has 118 valence electrons. The van der Waals surface area contributed by atoms with Crippen molar-refractivity contribution in [2.45, 2.75) is 26.4 Å². The van der Waals surface area contributed by atoms with Crippen molar-refractivity contribution in [2.24, 2.45) is 0 Å². The highest BCUT2D eigenvalue weighted by Crippen LogP contribution is 2.21. The van der Waals surface area contributed by atoms with Crippen molar-refractivity contribution in [2.75, 3.05) is 0 Å². The molecule has 1 amide bonds. The first-order chi connectivity index (χ1) is 11.1. The van der Waals surface area contributed by atoms with Crippen molar-refractivity contribution in [3.05, 3.63) is 71.7 Å². The number of amides is 1. The van der Waals surface area contributed by atoms with Crippen LogP contribution >= 0.6 is 0 Å². The standard InChI is InChI=1S/C19H19FN2O/c1-13(2)22(12-14-7-4-3-5-8-14)19(23)18-11-15-16(20)9-6-10-17(15)21-18/h3-11,13,21H,12H2,1-2H3. The zero-order chi connectivity index (χ0) is 16.4. The first kappa shape index (κ1) is 15.3. The molecule has 2 aromatic carbocycles. The predicted molar refractivity (Wildman–Crippen MR) is 89.7 cm³/mol. The van der Waals surface area contributed by atoms with E-state index in [-0.39, 0.29) is 17.8 Å². The quantitative estimate of drug-likeness (QED) is 0.763. The van der Waals surface area contributed by atoms with Gasteiger partial charge in [-0.15, -0.1) is 0 Å². The topological polar surface area (TPSA) is 36.1 Å². The van der Waals surface area contributed by atoms with E-state index >= 15 is 0 Å². The van der Waals surface area contributed by atoms with Crippen molar-refractivity contribution in [3.63, 3.8) is 0 Å². The van der Waals surface area contributed by atoms with Gasteiger partial charge in [0.25, 0.3) is 5.91 Å². The SMILES string of the molecule is CC(C)N(Cc1ccccc1)C(=O)c1cc2c(F)cccc2[nH]1. The van der Waals surface area contributed by atoms with Gasteiger partial charge in [0.15, 0.2) is 0 Å². The molecule has 1 aromatic heterocycles. The lowest BCUT2D eigenvalue weighted by molar-refractivity contribution is 0.0685. The van der Waals surface area contributed by atoms with Gasteiger partial charge in [0.1, 0.15) is 11.5 Å². The molecule has 0 saturated carbocycles. The average Bonchev–Trinajstić information content (AvgIpc) is 2.98. The van der Waals surface area contributed by atoms with Gasteiger partial charge in [-0.05, 0) is 37.6 Å². The number of halogens is 1. The number of aromatic amines is 1. The Balaban J connectivity index is 1.92. The van der Waals surface area contributed by atoms with E-state index in [4.69, 9.17) is 0 Å². The Morgan fingerprint density at radius 2 is 1.87 bits per heavy atom. The van der Waals surface area contributed by atoms with Crippen LogP contribution in [0.2, 0.25) is 0 Å². The molecule has 0 fully saturated rings. The highest BCUT2D eigenvalue weighted by Gasteiger charge is 2.21. The van der Waals surface area contributed by atoms with E-state index in [1.54, 1.807) is 23.1 Å². The van der Waals surface area contributed by atoms with Crippen LogP contribution in [0.1, 0.15) is 29.9 Å². The number of carbonyl (C=O) groups excluding carboxylic acids is 1. The second kappa shape index (κ2) is 6.24. The summed E-state index contributed by atoms with van der Waals surface area (Å²) in [6, 6.07) is 16.3. The van der Waals surface area contributed by atoms with E-state index < -0.39 is 0 Å². The summed E-state index contributed by atoms with van der Waals surface area (Å²) < 4.78 is 13.8. The smallest absolute Gasteiger partial charge is 0.270 e. The highest BCUT2D eigenvalue weighted by atomic mass is 19.1.